The van der Waals surface area contributed by atoms with Crippen molar-refractivity contribution in [2.75, 3.05) is 31.2 Å². The molecule has 7 nitrogen and oxygen atoms in total. The number of ether oxygens (including phenoxy) is 1. The molecule has 2 aromatic carbocycles. The van der Waals surface area contributed by atoms with Gasteiger partial charge in [-0.25, -0.2) is 9.97 Å². The molecule has 7 heteroatoms. The summed E-state index contributed by atoms with van der Waals surface area (Å²) in [5.74, 6) is -0.850. The summed E-state index contributed by atoms with van der Waals surface area (Å²) in [6, 6.07) is 19.2. The number of nitrogens with zero attached hydrogens (tertiary/aromatic N) is 4. The van der Waals surface area contributed by atoms with Crippen LogP contribution in [0.4, 0.5) is 5.82 Å². The van der Waals surface area contributed by atoms with Crippen molar-refractivity contribution in [2.45, 2.75) is 12.5 Å². The van der Waals surface area contributed by atoms with Gasteiger partial charge in [0.25, 0.3) is 0 Å². The molecule has 3 aromatic rings. The Labute approximate surface area is 169 Å². The van der Waals surface area contributed by atoms with Gasteiger partial charge in [-0.15, -0.1) is 0 Å². The van der Waals surface area contributed by atoms with E-state index in [1.54, 1.807) is 0 Å². The van der Waals surface area contributed by atoms with E-state index in [4.69, 9.17) is 9.72 Å². The molecule has 0 spiro atoms. The molecule has 0 saturated carbocycles. The third-order valence-corrected chi connectivity index (χ3v) is 4.86. The number of carbonyl (C=O) groups excluding carboxylic acids is 1. The van der Waals surface area contributed by atoms with E-state index in [-0.39, 0.29) is 5.91 Å². The van der Waals surface area contributed by atoms with Crippen LogP contribution in [-0.2, 0) is 16.1 Å². The molecular formula is C22H21N5O2. The zero-order valence-corrected chi connectivity index (χ0v) is 15.9. The summed E-state index contributed by atoms with van der Waals surface area (Å²) in [7, 11) is 0. The fourth-order valence-electron chi connectivity index (χ4n) is 3.34. The van der Waals surface area contributed by atoms with Crippen molar-refractivity contribution >= 4 is 22.8 Å². The minimum Gasteiger partial charge on any atom is -0.378 e. The molecule has 1 fully saturated rings. The fraction of sp³-hybridized carbons (Fsp3) is 0.273. The highest BCUT2D eigenvalue weighted by Crippen LogP contribution is 2.28. The molecule has 146 valence electrons. The van der Waals surface area contributed by atoms with Crippen molar-refractivity contribution in [3.05, 3.63) is 65.9 Å². The zero-order chi connectivity index (χ0) is 20.1. The smallest absolute Gasteiger partial charge is 0.243 e. The lowest BCUT2D eigenvalue weighted by molar-refractivity contribution is -0.121. The van der Waals surface area contributed by atoms with Gasteiger partial charge in [0.1, 0.15) is 5.69 Å². The first kappa shape index (κ1) is 18.8. The first-order chi connectivity index (χ1) is 14.3. The molecule has 0 bridgehead atoms. The Morgan fingerprint density at radius 1 is 1.07 bits per heavy atom. The fourth-order valence-corrected chi connectivity index (χ4v) is 3.34. The summed E-state index contributed by atoms with van der Waals surface area (Å²) in [5, 5.41) is 12.7. The highest BCUT2D eigenvalue weighted by atomic mass is 16.5. The van der Waals surface area contributed by atoms with E-state index >= 15 is 0 Å². The number of morpholine rings is 1. The average molecular weight is 387 g/mol. The Kier molecular flexibility index (Phi) is 5.63. The SMILES string of the molecule is N#C[C@H](C(=O)NCc1ccccc1)c1nc2ccccc2nc1N1CCOCC1. The maximum absolute atomic E-state index is 12.9. The van der Waals surface area contributed by atoms with Gasteiger partial charge in [-0.05, 0) is 17.7 Å². The van der Waals surface area contributed by atoms with Gasteiger partial charge in [0.2, 0.25) is 5.91 Å². The second kappa shape index (κ2) is 8.67. The van der Waals surface area contributed by atoms with Crippen molar-refractivity contribution in [1.82, 2.24) is 15.3 Å². The largest absolute Gasteiger partial charge is 0.378 e. The number of benzene rings is 2. The van der Waals surface area contributed by atoms with Crippen molar-refractivity contribution < 1.29 is 9.53 Å². The zero-order valence-electron chi connectivity index (χ0n) is 15.9. The molecule has 1 aromatic heterocycles. The second-order valence-corrected chi connectivity index (χ2v) is 6.79. The number of hydrogen-bond donors (Lipinski definition) is 1. The van der Waals surface area contributed by atoms with Crippen LogP contribution >= 0.6 is 0 Å². The number of anilines is 1. The quantitative estimate of drug-likeness (QED) is 0.723. The molecule has 0 aliphatic carbocycles. The van der Waals surface area contributed by atoms with E-state index in [2.05, 4.69) is 16.4 Å². The Bertz CT molecular complexity index is 1040. The summed E-state index contributed by atoms with van der Waals surface area (Å²) in [5.41, 5.74) is 2.75. The van der Waals surface area contributed by atoms with Crippen molar-refractivity contribution in [2.24, 2.45) is 0 Å². The predicted molar refractivity (Wildman–Crippen MR) is 109 cm³/mol. The molecule has 1 aliphatic heterocycles. The number of nitrogens with one attached hydrogen (secondary N) is 1. The second-order valence-electron chi connectivity index (χ2n) is 6.79. The number of hydrogen-bond acceptors (Lipinski definition) is 6. The van der Waals surface area contributed by atoms with Crippen molar-refractivity contribution in [3.63, 3.8) is 0 Å². The lowest BCUT2D eigenvalue weighted by Gasteiger charge is -2.29. The van der Waals surface area contributed by atoms with Crippen LogP contribution in [0.25, 0.3) is 11.0 Å². The molecule has 1 N–H and O–H groups in total. The number of carbonyl (C=O) groups is 1. The van der Waals surface area contributed by atoms with Crippen LogP contribution in [0, 0.1) is 11.3 Å². The molecule has 0 radical (unpaired) electrons. The molecule has 2 heterocycles. The van der Waals surface area contributed by atoms with Gasteiger partial charge in [-0.3, -0.25) is 4.79 Å². The van der Waals surface area contributed by atoms with E-state index in [0.29, 0.717) is 49.9 Å². The van der Waals surface area contributed by atoms with Crippen LogP contribution in [0.2, 0.25) is 0 Å². The third kappa shape index (κ3) is 4.18. The molecule has 1 atom stereocenters. The highest BCUT2D eigenvalue weighted by molar-refractivity contribution is 5.88. The van der Waals surface area contributed by atoms with Gasteiger partial charge >= 0.3 is 0 Å². The Morgan fingerprint density at radius 2 is 1.72 bits per heavy atom. The molecule has 1 amide bonds. The van der Waals surface area contributed by atoms with Crippen LogP contribution in [0.15, 0.2) is 54.6 Å². The number of fused-ring (bicyclic) bond motifs is 1. The average Bonchev–Trinajstić information content (AvgIpc) is 2.79. The summed E-state index contributed by atoms with van der Waals surface area (Å²) >= 11 is 0. The lowest BCUT2D eigenvalue weighted by atomic mass is 10.0. The number of amides is 1. The standard InChI is InChI=1S/C22H21N5O2/c23-14-17(22(28)24-15-16-6-2-1-3-7-16)20-21(27-10-12-29-13-11-27)26-19-9-5-4-8-18(19)25-20/h1-9,17H,10-13,15H2,(H,24,28)/t17-/m0/s1. The molecule has 1 aliphatic rings. The molecule has 29 heavy (non-hydrogen) atoms. The lowest BCUT2D eigenvalue weighted by Crippen LogP contribution is -2.38. The molecule has 4 rings (SSSR count). The van der Waals surface area contributed by atoms with Crippen molar-refractivity contribution in [3.8, 4) is 6.07 Å². The van der Waals surface area contributed by atoms with Gasteiger partial charge in [0.05, 0.1) is 30.3 Å². The molecule has 0 unspecified atom stereocenters. The normalized spacial score (nSPS) is 14.9. The van der Waals surface area contributed by atoms with Crippen LogP contribution in [0.3, 0.4) is 0 Å². The van der Waals surface area contributed by atoms with E-state index in [1.807, 2.05) is 59.5 Å². The Hall–Kier alpha value is -3.50. The number of para-hydroxylation sites is 2. The van der Waals surface area contributed by atoms with Crippen LogP contribution < -0.4 is 10.2 Å². The number of rotatable bonds is 5. The monoisotopic (exact) mass is 387 g/mol. The maximum Gasteiger partial charge on any atom is 0.243 e. The molecule has 1 saturated heterocycles. The minimum absolute atomic E-state index is 0.353. The van der Waals surface area contributed by atoms with Gasteiger partial charge < -0.3 is 15.0 Å². The maximum atomic E-state index is 12.9. The minimum atomic E-state index is -1.05. The topological polar surface area (TPSA) is 91.1 Å². The van der Waals surface area contributed by atoms with Gasteiger partial charge in [-0.1, -0.05) is 42.5 Å². The Morgan fingerprint density at radius 3 is 2.41 bits per heavy atom. The number of aromatic nitrogens is 2. The van der Waals surface area contributed by atoms with E-state index in [0.717, 1.165) is 11.1 Å². The summed E-state index contributed by atoms with van der Waals surface area (Å²) < 4.78 is 5.44. The summed E-state index contributed by atoms with van der Waals surface area (Å²) in [6.07, 6.45) is 0. The Balaban J connectivity index is 1.67. The summed E-state index contributed by atoms with van der Waals surface area (Å²) in [4.78, 5) is 24.3. The van der Waals surface area contributed by atoms with E-state index < -0.39 is 5.92 Å². The molecular weight excluding hydrogens is 366 g/mol. The first-order valence-corrected chi connectivity index (χ1v) is 9.57. The number of nitriles is 1. The van der Waals surface area contributed by atoms with Gasteiger partial charge in [0.15, 0.2) is 11.7 Å². The van der Waals surface area contributed by atoms with Crippen LogP contribution in [0.1, 0.15) is 17.2 Å². The first-order valence-electron chi connectivity index (χ1n) is 9.57. The highest BCUT2D eigenvalue weighted by Gasteiger charge is 2.29. The van der Waals surface area contributed by atoms with Crippen molar-refractivity contribution in [1.29, 1.82) is 5.26 Å². The van der Waals surface area contributed by atoms with Gasteiger partial charge in [0, 0.05) is 19.6 Å². The van der Waals surface area contributed by atoms with E-state index in [9.17, 15) is 10.1 Å². The predicted octanol–water partition coefficient (Wildman–Crippen LogP) is 2.39. The van der Waals surface area contributed by atoms with Crippen LogP contribution in [-0.4, -0.2) is 42.2 Å². The third-order valence-electron chi connectivity index (χ3n) is 4.86. The summed E-state index contributed by atoms with van der Waals surface area (Å²) in [6.45, 7) is 2.79. The van der Waals surface area contributed by atoms with E-state index in [1.165, 1.54) is 0 Å². The van der Waals surface area contributed by atoms with Gasteiger partial charge in [-0.2, -0.15) is 5.26 Å². The van der Waals surface area contributed by atoms with Crippen LogP contribution in [0.5, 0.6) is 0 Å².